The minimum absolute atomic E-state index is 0.217. The van der Waals surface area contributed by atoms with Crippen LogP contribution in [0.3, 0.4) is 0 Å². The average Bonchev–Trinajstić information content (AvgIpc) is 1.52. The van der Waals surface area contributed by atoms with Crippen molar-refractivity contribution in [3.63, 3.8) is 0 Å². The van der Waals surface area contributed by atoms with E-state index in [9.17, 15) is 13.7 Å². The third-order valence-corrected chi connectivity index (χ3v) is 15.1. The van der Waals surface area contributed by atoms with Crippen LogP contribution in [0.4, 0.5) is 42.9 Å². The number of para-hydroxylation sites is 2. The fourth-order valence-electron chi connectivity index (χ4n) is 11.8. The minimum atomic E-state index is -1.70. The van der Waals surface area contributed by atoms with Gasteiger partial charge < -0.3 is 9.80 Å². The van der Waals surface area contributed by atoms with Crippen LogP contribution in [-0.4, -0.2) is 0 Å². The van der Waals surface area contributed by atoms with Crippen LogP contribution >= 0.6 is 0 Å². The van der Waals surface area contributed by atoms with Gasteiger partial charge in [-0.15, -0.1) is 0 Å². The van der Waals surface area contributed by atoms with E-state index in [0.29, 0.717) is 49.5 Å². The topological polar surface area (TPSA) is 6.48 Å². The molecule has 0 spiro atoms. The molecule has 85 heavy (non-hydrogen) atoms. The monoisotopic (exact) mass is 1120 g/mol. The zero-order valence-electron chi connectivity index (χ0n) is 74.0. The first kappa shape index (κ1) is 28.4. The second kappa shape index (κ2) is 21.4. The molecule has 0 heterocycles. The summed E-state index contributed by atoms with van der Waals surface area (Å²) < 4.78 is 309. The molecule has 0 unspecified atom stereocenters. The maximum Gasteiger partial charge on any atom is 0.148 e. The van der Waals surface area contributed by atoms with Crippen molar-refractivity contribution in [1.82, 2.24) is 0 Å². The normalized spacial score (nSPS) is 17.2. The Hall–Kier alpha value is -10.9. The zero-order valence-corrected chi connectivity index (χ0v) is 44.0. The highest BCUT2D eigenvalue weighted by atomic mass is 19.1. The summed E-state index contributed by atoms with van der Waals surface area (Å²) in [5.74, 6) is -2.87. The molecule has 0 aromatic heterocycles. The summed E-state index contributed by atoms with van der Waals surface area (Å²) in [4.78, 5) is 1.86. The smallest absolute Gasteiger partial charge is 0.148 e. The highest BCUT2D eigenvalue weighted by molar-refractivity contribution is 6.20. The highest BCUT2D eigenvalue weighted by Crippen LogP contribution is 2.62. The Labute approximate surface area is 536 Å². The van der Waals surface area contributed by atoms with E-state index in [-0.39, 0.29) is 16.8 Å². The molecule has 0 N–H and O–H groups in total. The number of rotatable bonds is 12. The van der Waals surface area contributed by atoms with E-state index < -0.39 is 266 Å². The van der Waals surface area contributed by atoms with E-state index in [4.69, 9.17) is 27.4 Å². The van der Waals surface area contributed by atoms with Gasteiger partial charge in [-0.25, -0.2) is 8.78 Å². The van der Waals surface area contributed by atoms with Crippen LogP contribution in [0.1, 0.15) is 63.4 Å². The molecule has 0 atom stereocenters. The maximum absolute atomic E-state index is 19.1. The summed E-state index contributed by atoms with van der Waals surface area (Å²) in [7, 11) is 0. The molecule has 14 aromatic rings. The van der Waals surface area contributed by atoms with Gasteiger partial charge in [0.25, 0.3) is 0 Å². The van der Waals surface area contributed by atoms with Gasteiger partial charge in [-0.3, -0.25) is 0 Å². The number of anilines is 6. The third-order valence-electron chi connectivity index (χ3n) is 15.1. The van der Waals surface area contributed by atoms with Gasteiger partial charge >= 0.3 is 0 Å². The highest BCUT2D eigenvalue weighted by Gasteiger charge is 2.48. The van der Waals surface area contributed by atoms with Gasteiger partial charge in [0.2, 0.25) is 0 Å². The standard InChI is InChI=1S/C81H54F2N2/c82-75-51-59(55-27-9-1-10-28-55)49-71(57-31-13-3-14-32-57)79(75)84(63-39-21-7-22-40-63)65-45-47-69-73(53-65)67-43-25-26-44-68(67)77-70-48-46-66(54-74(70)81(78(69)77,61-35-17-5-18-36-61)62-37-19-6-20-38-62)85(64-41-23-8-24-42-64)80-72(58-33-15-4-16-34-58)50-60(52-76(80)83)56-29-11-2-12-30-56/h1-54H/i1D,2D,3D,4D,7D,8D,9D,10D,11D,12D,13D,14D,15D,16D,21D,22D,23D,24D,27D,28D,29D,30D,31D,32D,33D,34D,39D,40D,41D,42D. The SMILES string of the molecule is [2H]c1c([2H])c([2H])c(-c2cc(F)c(N(c3ccc4c(c3)C(c3ccccc3)(c3ccccc3)c3c-4c4ccccc4c4cc(N(c5c(F)cc(-c6c([2H])c([2H])c([2H])c([2H])c6[2H])cc5-c5c([2H])c([2H])c([2H])c([2H])c5[2H])c5c([2H])c([2H])c([2H])c([2H])c5[2H])ccc34)c3c([2H])c([2H])c([2H])c([2H])c3[2H])c(-c3c([2H])c([2H])c([2H])c([2H])c3[2H])c2)c([2H])c1[2H]. The Morgan fingerprint density at radius 3 is 1.16 bits per heavy atom. The summed E-state index contributed by atoms with van der Waals surface area (Å²) in [5.41, 5.74) is -7.43. The van der Waals surface area contributed by atoms with Crippen molar-refractivity contribution in [2.24, 2.45) is 0 Å². The van der Waals surface area contributed by atoms with Crippen molar-refractivity contribution in [3.8, 4) is 55.6 Å². The Morgan fingerprint density at radius 1 is 0.294 bits per heavy atom. The molecule has 14 aromatic carbocycles. The summed E-state index contributed by atoms with van der Waals surface area (Å²) in [6, 6.07) is 10.6. The Morgan fingerprint density at radius 2 is 0.694 bits per heavy atom. The van der Waals surface area contributed by atoms with E-state index in [1.54, 1.807) is 78.9 Å². The zero-order chi connectivity index (χ0) is 83.0. The van der Waals surface area contributed by atoms with Gasteiger partial charge in [0.15, 0.2) is 0 Å². The Balaban J connectivity index is 1.09. The molecule has 0 saturated carbocycles. The van der Waals surface area contributed by atoms with Crippen LogP contribution in [0, 0.1) is 11.6 Å². The van der Waals surface area contributed by atoms with Gasteiger partial charge in [-0.1, -0.05) is 254 Å². The molecule has 4 heteroatoms. The second-order valence-corrected chi connectivity index (χ2v) is 19.6. The van der Waals surface area contributed by atoms with Crippen molar-refractivity contribution in [1.29, 1.82) is 0 Å². The van der Waals surface area contributed by atoms with E-state index in [0.717, 1.165) is 34.1 Å². The third kappa shape index (κ3) is 8.69. The van der Waals surface area contributed by atoms with Crippen molar-refractivity contribution < 1.29 is 49.9 Å². The molecule has 0 saturated heterocycles. The molecule has 0 fully saturated rings. The van der Waals surface area contributed by atoms with E-state index in [1.165, 1.54) is 18.2 Å². The van der Waals surface area contributed by atoms with Crippen LogP contribution < -0.4 is 9.80 Å². The first-order valence-corrected chi connectivity index (χ1v) is 26.4. The Kier molecular flexibility index (Phi) is 7.15. The number of fused-ring (bicyclic) bond motifs is 8. The van der Waals surface area contributed by atoms with Crippen LogP contribution in [0.15, 0.2) is 327 Å². The molecule has 0 bridgehead atoms. The molecule has 1 aliphatic rings. The molecule has 0 aliphatic heterocycles. The predicted octanol–water partition coefficient (Wildman–Crippen LogP) is 22.2. The van der Waals surface area contributed by atoms with E-state index >= 15 is 8.78 Å². The number of hydrogen-bond acceptors (Lipinski definition) is 2. The van der Waals surface area contributed by atoms with Crippen molar-refractivity contribution in [2.75, 3.05) is 9.80 Å². The van der Waals surface area contributed by atoms with Gasteiger partial charge in [-0.2, -0.15) is 0 Å². The average molecular weight is 1120 g/mol. The van der Waals surface area contributed by atoms with Gasteiger partial charge in [0.05, 0.1) is 57.9 Å². The maximum atomic E-state index is 19.1. The molecule has 0 radical (unpaired) electrons. The lowest BCUT2D eigenvalue weighted by molar-refractivity contribution is 0.629. The molecule has 15 rings (SSSR count). The predicted molar refractivity (Wildman–Crippen MR) is 350 cm³/mol. The number of halogens is 2. The molecule has 0 amide bonds. The molecule has 402 valence electrons. The first-order chi connectivity index (χ1) is 54.4. The number of hydrogen-bond donors (Lipinski definition) is 0. The minimum Gasteiger partial charge on any atom is -0.307 e. The van der Waals surface area contributed by atoms with Gasteiger partial charge in [-0.05, 0) is 161 Å². The van der Waals surface area contributed by atoms with Crippen LogP contribution in [0.5, 0.6) is 0 Å². The lowest BCUT2D eigenvalue weighted by Crippen LogP contribution is -2.29. The molecular formula is C81H54F2N2. The summed E-state index contributed by atoms with van der Waals surface area (Å²) >= 11 is 0. The molecular weight excluding hydrogens is 1040 g/mol. The second-order valence-electron chi connectivity index (χ2n) is 19.6. The summed E-state index contributed by atoms with van der Waals surface area (Å²) in [6.45, 7) is 0. The largest absolute Gasteiger partial charge is 0.307 e. The van der Waals surface area contributed by atoms with Crippen LogP contribution in [-0.2, 0) is 5.41 Å². The number of benzene rings is 14. The first-order valence-electron chi connectivity index (χ1n) is 41.4. The molecule has 1 aliphatic carbocycles. The van der Waals surface area contributed by atoms with E-state index in [2.05, 4.69) is 0 Å². The lowest BCUT2D eigenvalue weighted by Gasteiger charge is -2.36. The summed E-state index contributed by atoms with van der Waals surface area (Å²) in [5, 5.41) is 1.53. The Bertz CT molecular complexity index is 6450. The fourth-order valence-corrected chi connectivity index (χ4v) is 11.8. The summed E-state index contributed by atoms with van der Waals surface area (Å²) in [6.07, 6.45) is 0. The van der Waals surface area contributed by atoms with Crippen molar-refractivity contribution >= 4 is 55.7 Å². The molecule has 2 nitrogen and oxygen atoms in total. The lowest BCUT2D eigenvalue weighted by atomic mass is 9.66. The van der Waals surface area contributed by atoms with Crippen molar-refractivity contribution in [2.45, 2.75) is 5.41 Å². The van der Waals surface area contributed by atoms with Crippen LogP contribution in [0.25, 0.3) is 77.2 Å². The van der Waals surface area contributed by atoms with E-state index in [1.807, 2.05) is 24.3 Å². The fraction of sp³-hybridized carbons (Fsp3) is 0.0123. The van der Waals surface area contributed by atoms with Gasteiger partial charge in [0, 0.05) is 33.9 Å². The number of nitrogens with zero attached hydrogens (tertiary/aromatic N) is 2. The van der Waals surface area contributed by atoms with Crippen LogP contribution in [0.2, 0.25) is 0 Å². The van der Waals surface area contributed by atoms with Gasteiger partial charge in [0.1, 0.15) is 11.6 Å². The van der Waals surface area contributed by atoms with Crippen molar-refractivity contribution in [3.05, 3.63) is 361 Å². The quantitative estimate of drug-likeness (QED) is 0.113.